The highest BCUT2D eigenvalue weighted by Gasteiger charge is 2.23. The number of nitrogens with zero attached hydrogens (tertiary/aromatic N) is 5. The predicted octanol–water partition coefficient (Wildman–Crippen LogP) is 2.79. The number of rotatable bonds is 7. The molecule has 30 heavy (non-hydrogen) atoms. The number of carbonyl (C=O) groups is 1. The molecule has 0 spiro atoms. The molecule has 0 aliphatic carbocycles. The van der Waals surface area contributed by atoms with Crippen LogP contribution in [0.15, 0.2) is 55.0 Å². The Morgan fingerprint density at radius 3 is 2.83 bits per heavy atom. The third kappa shape index (κ3) is 5.10. The van der Waals surface area contributed by atoms with Gasteiger partial charge < -0.3 is 5.32 Å². The van der Waals surface area contributed by atoms with Crippen molar-refractivity contribution in [3.8, 4) is 0 Å². The van der Waals surface area contributed by atoms with E-state index in [1.807, 2.05) is 48.1 Å². The van der Waals surface area contributed by atoms with Gasteiger partial charge in [0.05, 0.1) is 17.8 Å². The van der Waals surface area contributed by atoms with Crippen LogP contribution in [0, 0.1) is 6.92 Å². The highest BCUT2D eigenvalue weighted by atomic mass is 16.1. The summed E-state index contributed by atoms with van der Waals surface area (Å²) in [6.45, 7) is 6.12. The average molecular weight is 405 g/mol. The van der Waals surface area contributed by atoms with Gasteiger partial charge in [0.15, 0.2) is 0 Å². The van der Waals surface area contributed by atoms with E-state index in [-0.39, 0.29) is 5.91 Å². The second-order valence-corrected chi connectivity index (χ2v) is 7.82. The van der Waals surface area contributed by atoms with Crippen molar-refractivity contribution in [2.75, 3.05) is 19.6 Å². The number of carbonyl (C=O) groups excluding carboxylic acids is 1. The lowest BCUT2D eigenvalue weighted by molar-refractivity contribution is 0.0951. The van der Waals surface area contributed by atoms with E-state index in [4.69, 9.17) is 0 Å². The molecule has 1 amide bonds. The minimum absolute atomic E-state index is 0.0979. The minimum atomic E-state index is -0.0979. The first kappa shape index (κ1) is 20.2. The van der Waals surface area contributed by atoms with Gasteiger partial charge in [-0.05, 0) is 56.6 Å². The number of likely N-dealkylation sites (tertiary alicyclic amines) is 1. The van der Waals surface area contributed by atoms with Crippen molar-refractivity contribution in [2.24, 2.45) is 0 Å². The number of hydrogen-bond acceptors (Lipinski definition) is 5. The van der Waals surface area contributed by atoms with Gasteiger partial charge in [-0.2, -0.15) is 5.10 Å². The fraction of sp³-hybridized carbons (Fsp3) is 0.391. The molecule has 3 aromatic heterocycles. The Morgan fingerprint density at radius 2 is 2.10 bits per heavy atom. The largest absolute Gasteiger partial charge is 0.350 e. The number of nitrogens with one attached hydrogen (secondary N) is 1. The maximum absolute atomic E-state index is 12.4. The van der Waals surface area contributed by atoms with Crippen LogP contribution >= 0.6 is 0 Å². The topological polar surface area (TPSA) is 75.9 Å². The van der Waals surface area contributed by atoms with E-state index in [1.54, 1.807) is 12.4 Å². The van der Waals surface area contributed by atoms with Gasteiger partial charge >= 0.3 is 0 Å². The summed E-state index contributed by atoms with van der Waals surface area (Å²) in [7, 11) is 0. The fourth-order valence-electron chi connectivity index (χ4n) is 3.95. The standard InChI is InChI=1S/C23H28N6O/c1-18-9-11-27-29(18)14-12-25-23(30)19-7-8-22(26-15-19)20-5-4-13-28(16-20)17-21-6-2-3-10-24-21/h2-3,6-11,15,20H,4-5,12-14,16-17H2,1H3,(H,25,30). The summed E-state index contributed by atoms with van der Waals surface area (Å²) >= 11 is 0. The number of aryl methyl sites for hydroxylation is 1. The third-order valence-electron chi connectivity index (χ3n) is 5.62. The average Bonchev–Trinajstić information content (AvgIpc) is 3.19. The van der Waals surface area contributed by atoms with Crippen LogP contribution in [0.3, 0.4) is 0 Å². The van der Waals surface area contributed by atoms with E-state index in [9.17, 15) is 4.79 Å². The maximum atomic E-state index is 12.4. The summed E-state index contributed by atoms with van der Waals surface area (Å²) in [4.78, 5) is 23.9. The summed E-state index contributed by atoms with van der Waals surface area (Å²) < 4.78 is 1.88. The van der Waals surface area contributed by atoms with Crippen molar-refractivity contribution >= 4 is 5.91 Å². The molecule has 1 atom stereocenters. The monoisotopic (exact) mass is 404 g/mol. The molecule has 4 heterocycles. The molecule has 4 rings (SSSR count). The van der Waals surface area contributed by atoms with E-state index >= 15 is 0 Å². The molecule has 7 nitrogen and oxygen atoms in total. The minimum Gasteiger partial charge on any atom is -0.350 e. The van der Waals surface area contributed by atoms with Crippen molar-refractivity contribution in [1.29, 1.82) is 0 Å². The van der Waals surface area contributed by atoms with Crippen molar-refractivity contribution in [3.63, 3.8) is 0 Å². The highest BCUT2D eigenvalue weighted by Crippen LogP contribution is 2.26. The Morgan fingerprint density at radius 1 is 1.17 bits per heavy atom. The van der Waals surface area contributed by atoms with Gasteiger partial charge in [-0.1, -0.05) is 6.07 Å². The fourth-order valence-corrected chi connectivity index (χ4v) is 3.95. The molecule has 1 N–H and O–H groups in total. The number of pyridine rings is 2. The molecule has 156 valence electrons. The van der Waals surface area contributed by atoms with Gasteiger partial charge in [-0.15, -0.1) is 0 Å². The molecule has 0 bridgehead atoms. The zero-order valence-corrected chi connectivity index (χ0v) is 17.4. The first-order chi connectivity index (χ1) is 14.7. The molecule has 1 aliphatic heterocycles. The van der Waals surface area contributed by atoms with Crippen molar-refractivity contribution < 1.29 is 4.79 Å². The summed E-state index contributed by atoms with van der Waals surface area (Å²) in [5, 5.41) is 7.17. The van der Waals surface area contributed by atoms with E-state index in [1.165, 1.54) is 0 Å². The summed E-state index contributed by atoms with van der Waals surface area (Å²) in [5.74, 6) is 0.293. The second-order valence-electron chi connectivity index (χ2n) is 7.82. The zero-order chi connectivity index (χ0) is 20.8. The van der Waals surface area contributed by atoms with Crippen molar-refractivity contribution in [2.45, 2.75) is 38.8 Å². The Kier molecular flexibility index (Phi) is 6.49. The van der Waals surface area contributed by atoms with Crippen LogP contribution in [-0.4, -0.2) is 50.2 Å². The van der Waals surface area contributed by atoms with Gasteiger partial charge in [-0.25, -0.2) is 0 Å². The molecule has 0 radical (unpaired) electrons. The first-order valence-corrected chi connectivity index (χ1v) is 10.5. The van der Waals surface area contributed by atoms with E-state index in [0.717, 1.165) is 49.6 Å². The summed E-state index contributed by atoms with van der Waals surface area (Å²) in [5.41, 5.74) is 3.84. The van der Waals surface area contributed by atoms with E-state index < -0.39 is 0 Å². The molecule has 3 aromatic rings. The predicted molar refractivity (Wildman–Crippen MR) is 115 cm³/mol. The molecule has 7 heteroatoms. The van der Waals surface area contributed by atoms with E-state index in [2.05, 4.69) is 31.3 Å². The lowest BCUT2D eigenvalue weighted by atomic mass is 9.94. The van der Waals surface area contributed by atoms with E-state index in [0.29, 0.717) is 24.6 Å². The van der Waals surface area contributed by atoms with Crippen LogP contribution in [0.5, 0.6) is 0 Å². The molecule has 1 unspecified atom stereocenters. The van der Waals surface area contributed by atoms with Gasteiger partial charge in [0.25, 0.3) is 5.91 Å². The van der Waals surface area contributed by atoms with Crippen molar-refractivity contribution in [3.05, 3.63) is 77.6 Å². The zero-order valence-electron chi connectivity index (χ0n) is 17.4. The molecular weight excluding hydrogens is 376 g/mol. The SMILES string of the molecule is Cc1ccnn1CCNC(=O)c1ccc(C2CCCN(Cc3ccccn3)C2)nc1. The molecule has 0 saturated carbocycles. The number of hydrogen-bond donors (Lipinski definition) is 1. The number of piperidine rings is 1. The molecule has 1 fully saturated rings. The molecule has 1 aliphatic rings. The lowest BCUT2D eigenvalue weighted by Crippen LogP contribution is -2.34. The normalized spacial score (nSPS) is 17.0. The number of amides is 1. The van der Waals surface area contributed by atoms with Crippen LogP contribution in [0.1, 0.15) is 46.2 Å². The van der Waals surface area contributed by atoms with Crippen LogP contribution in [0.2, 0.25) is 0 Å². The quantitative estimate of drug-likeness (QED) is 0.655. The van der Waals surface area contributed by atoms with Gasteiger partial charge in [0.2, 0.25) is 0 Å². The van der Waals surface area contributed by atoms with Crippen molar-refractivity contribution in [1.82, 2.24) is 30.0 Å². The smallest absolute Gasteiger partial charge is 0.252 e. The maximum Gasteiger partial charge on any atom is 0.252 e. The van der Waals surface area contributed by atoms with Gasteiger partial charge in [0.1, 0.15) is 0 Å². The van der Waals surface area contributed by atoms with Gasteiger partial charge in [-0.3, -0.25) is 24.3 Å². The van der Waals surface area contributed by atoms with Crippen LogP contribution in [0.4, 0.5) is 0 Å². The highest BCUT2D eigenvalue weighted by molar-refractivity contribution is 5.93. The summed E-state index contributed by atoms with van der Waals surface area (Å²) in [6.07, 6.45) is 7.58. The second kappa shape index (κ2) is 9.63. The Balaban J connectivity index is 1.30. The van der Waals surface area contributed by atoms with Crippen LogP contribution < -0.4 is 5.32 Å². The molecular formula is C23H28N6O. The molecule has 0 aromatic carbocycles. The Bertz CT molecular complexity index is 953. The number of aromatic nitrogens is 4. The Hall–Kier alpha value is -3.06. The molecule has 1 saturated heterocycles. The summed E-state index contributed by atoms with van der Waals surface area (Å²) in [6, 6.07) is 11.9. The Labute approximate surface area is 177 Å². The first-order valence-electron chi connectivity index (χ1n) is 10.5. The van der Waals surface area contributed by atoms with Crippen LogP contribution in [0.25, 0.3) is 0 Å². The lowest BCUT2D eigenvalue weighted by Gasteiger charge is -2.32. The van der Waals surface area contributed by atoms with Gasteiger partial charge in [0, 0.05) is 55.5 Å². The third-order valence-corrected chi connectivity index (χ3v) is 5.62. The van der Waals surface area contributed by atoms with Crippen LogP contribution in [-0.2, 0) is 13.1 Å².